The molecule has 3 rings (SSSR count). The molecule has 1 aromatic rings. The molecule has 1 aromatic heterocycles. The lowest BCUT2D eigenvalue weighted by molar-refractivity contribution is 0.245. The van der Waals surface area contributed by atoms with E-state index in [1.807, 2.05) is 0 Å². The van der Waals surface area contributed by atoms with Crippen LogP contribution in [0.1, 0.15) is 38.1 Å². The van der Waals surface area contributed by atoms with Crippen molar-refractivity contribution in [2.24, 2.45) is 5.92 Å². The number of likely N-dealkylation sites (N-methyl/N-ethyl adjacent to an activating group) is 1. The number of piperidine rings is 1. The summed E-state index contributed by atoms with van der Waals surface area (Å²) in [4.78, 5) is 9.16. The van der Waals surface area contributed by atoms with Crippen LogP contribution in [0.3, 0.4) is 0 Å². The van der Waals surface area contributed by atoms with Crippen LogP contribution in [-0.2, 0) is 0 Å². The van der Waals surface area contributed by atoms with E-state index in [9.17, 15) is 0 Å². The smallest absolute Gasteiger partial charge is 0.266 e. The first-order valence-electron chi connectivity index (χ1n) is 7.76. The minimum absolute atomic E-state index is 0.238. The quantitative estimate of drug-likeness (QED) is 0.899. The molecule has 0 saturated carbocycles. The number of anilines is 1. The van der Waals surface area contributed by atoms with Crippen molar-refractivity contribution in [1.82, 2.24) is 20.4 Å². The highest BCUT2D eigenvalue weighted by atomic mass is 16.5. The monoisotopic (exact) mass is 279 g/mol. The van der Waals surface area contributed by atoms with Crippen LogP contribution >= 0.6 is 0 Å². The van der Waals surface area contributed by atoms with E-state index in [1.54, 1.807) is 0 Å². The molecule has 2 aliphatic rings. The number of piperazine rings is 1. The van der Waals surface area contributed by atoms with Crippen molar-refractivity contribution < 1.29 is 4.52 Å². The lowest BCUT2D eigenvalue weighted by Crippen LogP contribution is -2.45. The third-order valence-electron chi connectivity index (χ3n) is 4.60. The average Bonchev–Trinajstić information content (AvgIpc) is 2.98. The molecular formula is C14H25N5O. The Morgan fingerprint density at radius 1 is 1.30 bits per heavy atom. The Balaban J connectivity index is 1.64. The molecule has 6 nitrogen and oxygen atoms in total. The van der Waals surface area contributed by atoms with Crippen LogP contribution in [0.5, 0.6) is 0 Å². The fourth-order valence-electron chi connectivity index (χ4n) is 3.06. The Morgan fingerprint density at radius 3 is 2.85 bits per heavy atom. The number of aromatic nitrogens is 2. The number of hydrogen-bond acceptors (Lipinski definition) is 6. The summed E-state index contributed by atoms with van der Waals surface area (Å²) in [6.45, 7) is 7.38. The summed E-state index contributed by atoms with van der Waals surface area (Å²) in [5, 5.41) is 7.67. The standard InChI is InChI=1S/C14H25N5O/c1-3-11-4-5-15-12(10-11)13-16-14(17-20-13)19-8-6-18(2)7-9-19/h11-12,15H,3-10H2,1-2H3. The molecule has 2 saturated heterocycles. The Bertz CT molecular complexity index is 427. The van der Waals surface area contributed by atoms with Gasteiger partial charge in [-0.15, -0.1) is 0 Å². The van der Waals surface area contributed by atoms with E-state index in [-0.39, 0.29) is 6.04 Å². The lowest BCUT2D eigenvalue weighted by Gasteiger charge is -2.31. The highest BCUT2D eigenvalue weighted by Crippen LogP contribution is 2.29. The Labute approximate surface area is 120 Å². The largest absolute Gasteiger partial charge is 0.336 e. The van der Waals surface area contributed by atoms with Gasteiger partial charge in [0.1, 0.15) is 0 Å². The molecule has 0 aromatic carbocycles. The van der Waals surface area contributed by atoms with Gasteiger partial charge < -0.3 is 19.6 Å². The second-order valence-electron chi connectivity index (χ2n) is 6.03. The topological polar surface area (TPSA) is 57.4 Å². The molecule has 3 heterocycles. The van der Waals surface area contributed by atoms with Gasteiger partial charge in [-0.05, 0) is 37.5 Å². The predicted molar refractivity (Wildman–Crippen MR) is 77.8 cm³/mol. The minimum atomic E-state index is 0.238. The fraction of sp³-hybridized carbons (Fsp3) is 0.857. The zero-order valence-electron chi connectivity index (χ0n) is 12.5. The molecule has 2 fully saturated rings. The van der Waals surface area contributed by atoms with Crippen LogP contribution in [0.2, 0.25) is 0 Å². The van der Waals surface area contributed by atoms with Crippen molar-refractivity contribution in [3.05, 3.63) is 5.89 Å². The number of hydrogen-bond donors (Lipinski definition) is 1. The Hall–Kier alpha value is -1.14. The van der Waals surface area contributed by atoms with Crippen LogP contribution in [0.4, 0.5) is 5.95 Å². The number of nitrogens with zero attached hydrogens (tertiary/aromatic N) is 4. The average molecular weight is 279 g/mol. The fourth-order valence-corrected chi connectivity index (χ4v) is 3.06. The van der Waals surface area contributed by atoms with E-state index in [2.05, 4.69) is 39.2 Å². The van der Waals surface area contributed by atoms with Gasteiger partial charge in [0.05, 0.1) is 6.04 Å². The van der Waals surface area contributed by atoms with Crippen molar-refractivity contribution in [1.29, 1.82) is 0 Å². The maximum atomic E-state index is 5.50. The summed E-state index contributed by atoms with van der Waals surface area (Å²) in [6.07, 6.45) is 3.60. The third kappa shape index (κ3) is 2.96. The summed E-state index contributed by atoms with van der Waals surface area (Å²) in [7, 11) is 2.15. The molecule has 1 N–H and O–H groups in total. The zero-order valence-corrected chi connectivity index (χ0v) is 12.5. The van der Waals surface area contributed by atoms with Gasteiger partial charge >= 0.3 is 0 Å². The van der Waals surface area contributed by atoms with Crippen LogP contribution in [0, 0.1) is 5.92 Å². The van der Waals surface area contributed by atoms with Crippen LogP contribution < -0.4 is 10.2 Å². The van der Waals surface area contributed by atoms with Gasteiger partial charge in [0.15, 0.2) is 0 Å². The first-order chi connectivity index (χ1) is 9.76. The molecule has 20 heavy (non-hydrogen) atoms. The maximum Gasteiger partial charge on any atom is 0.266 e. The molecule has 2 aliphatic heterocycles. The maximum absolute atomic E-state index is 5.50. The van der Waals surface area contributed by atoms with Gasteiger partial charge in [-0.25, -0.2) is 0 Å². The van der Waals surface area contributed by atoms with Crippen LogP contribution in [-0.4, -0.2) is 54.8 Å². The highest BCUT2D eigenvalue weighted by molar-refractivity contribution is 5.29. The van der Waals surface area contributed by atoms with Gasteiger partial charge in [0.2, 0.25) is 5.89 Å². The number of rotatable bonds is 3. The van der Waals surface area contributed by atoms with Crippen molar-refractivity contribution in [2.75, 3.05) is 44.7 Å². The summed E-state index contributed by atoms with van der Waals surface area (Å²) in [5.74, 6) is 2.30. The van der Waals surface area contributed by atoms with Gasteiger partial charge in [0.25, 0.3) is 5.95 Å². The molecular weight excluding hydrogens is 254 g/mol. The minimum Gasteiger partial charge on any atom is -0.336 e. The van der Waals surface area contributed by atoms with Crippen LogP contribution in [0.15, 0.2) is 4.52 Å². The van der Waals surface area contributed by atoms with Crippen molar-refractivity contribution in [2.45, 2.75) is 32.2 Å². The van der Waals surface area contributed by atoms with Crippen molar-refractivity contribution in [3.63, 3.8) is 0 Å². The van der Waals surface area contributed by atoms with E-state index in [1.165, 1.54) is 12.8 Å². The molecule has 0 amide bonds. The molecule has 2 atom stereocenters. The zero-order chi connectivity index (χ0) is 13.9. The van der Waals surface area contributed by atoms with Gasteiger partial charge in [-0.2, -0.15) is 4.98 Å². The second kappa shape index (κ2) is 6.10. The Kier molecular flexibility index (Phi) is 4.21. The summed E-state index contributed by atoms with van der Waals surface area (Å²) in [6, 6.07) is 0.238. The first kappa shape index (κ1) is 13.8. The first-order valence-corrected chi connectivity index (χ1v) is 7.76. The second-order valence-corrected chi connectivity index (χ2v) is 6.03. The summed E-state index contributed by atoms with van der Waals surface area (Å²) >= 11 is 0. The van der Waals surface area contributed by atoms with Gasteiger partial charge in [0, 0.05) is 26.2 Å². The highest BCUT2D eigenvalue weighted by Gasteiger charge is 2.27. The van der Waals surface area contributed by atoms with E-state index < -0.39 is 0 Å². The van der Waals surface area contributed by atoms with E-state index in [0.29, 0.717) is 0 Å². The van der Waals surface area contributed by atoms with Crippen LogP contribution in [0.25, 0.3) is 0 Å². The predicted octanol–water partition coefficient (Wildman–Crippen LogP) is 1.27. The number of nitrogens with one attached hydrogen (secondary N) is 1. The van der Waals surface area contributed by atoms with E-state index in [4.69, 9.17) is 4.52 Å². The van der Waals surface area contributed by atoms with Gasteiger partial charge in [-0.1, -0.05) is 13.3 Å². The molecule has 0 radical (unpaired) electrons. The third-order valence-corrected chi connectivity index (χ3v) is 4.60. The SMILES string of the molecule is CCC1CCNC(c2nc(N3CCN(C)CC3)no2)C1. The summed E-state index contributed by atoms with van der Waals surface area (Å²) < 4.78 is 5.50. The van der Waals surface area contributed by atoms with Crippen molar-refractivity contribution in [3.8, 4) is 0 Å². The van der Waals surface area contributed by atoms with Crippen molar-refractivity contribution >= 4 is 5.95 Å². The molecule has 2 unspecified atom stereocenters. The lowest BCUT2D eigenvalue weighted by atomic mass is 9.90. The van der Waals surface area contributed by atoms with E-state index in [0.717, 1.165) is 56.9 Å². The van der Waals surface area contributed by atoms with E-state index >= 15 is 0 Å². The molecule has 112 valence electrons. The molecule has 6 heteroatoms. The Morgan fingerprint density at radius 2 is 2.10 bits per heavy atom. The molecule has 0 bridgehead atoms. The summed E-state index contributed by atoms with van der Waals surface area (Å²) in [5.41, 5.74) is 0. The molecule has 0 spiro atoms. The van der Waals surface area contributed by atoms with Gasteiger partial charge in [-0.3, -0.25) is 0 Å². The normalized spacial score (nSPS) is 28.8. The molecule has 0 aliphatic carbocycles.